The monoisotopic (exact) mass is 274 g/mol. The Hall–Kier alpha value is -1.35. The molecule has 1 fully saturated rings. The van der Waals surface area contributed by atoms with E-state index in [0.29, 0.717) is 12.5 Å². The molecule has 0 bridgehead atoms. The molecule has 1 unspecified atom stereocenters. The Morgan fingerprint density at radius 1 is 1.30 bits per heavy atom. The van der Waals surface area contributed by atoms with Crippen LogP contribution in [0, 0.1) is 11.8 Å². The number of amides is 1. The van der Waals surface area contributed by atoms with Crippen molar-refractivity contribution in [2.75, 3.05) is 20.1 Å². The average Bonchev–Trinajstić information content (AvgIpc) is 3.23. The molecule has 0 aliphatic heterocycles. The second-order valence-electron chi connectivity index (χ2n) is 6.18. The van der Waals surface area contributed by atoms with Crippen molar-refractivity contribution < 1.29 is 4.79 Å². The zero-order valence-electron chi connectivity index (χ0n) is 12.8. The van der Waals surface area contributed by atoms with Crippen molar-refractivity contribution in [3.05, 3.63) is 35.9 Å². The molecule has 1 aliphatic carbocycles. The highest BCUT2D eigenvalue weighted by Gasteiger charge is 2.25. The van der Waals surface area contributed by atoms with Crippen molar-refractivity contribution in [3.63, 3.8) is 0 Å². The molecule has 2 rings (SSSR count). The molecule has 1 atom stereocenters. The Labute approximate surface area is 122 Å². The van der Waals surface area contributed by atoms with Crippen LogP contribution in [0.25, 0.3) is 0 Å². The van der Waals surface area contributed by atoms with E-state index in [1.54, 1.807) is 0 Å². The van der Waals surface area contributed by atoms with E-state index in [1.165, 1.54) is 18.4 Å². The van der Waals surface area contributed by atoms with Crippen LogP contribution in [0.2, 0.25) is 0 Å². The highest BCUT2D eigenvalue weighted by Crippen LogP contribution is 2.28. The van der Waals surface area contributed by atoms with Crippen LogP contribution in [0.1, 0.15) is 38.3 Å². The number of rotatable bonds is 7. The summed E-state index contributed by atoms with van der Waals surface area (Å²) < 4.78 is 0. The van der Waals surface area contributed by atoms with Crippen LogP contribution in [-0.2, 0) is 4.79 Å². The third-order valence-electron chi connectivity index (χ3n) is 3.99. The highest BCUT2D eigenvalue weighted by atomic mass is 16.2. The Balaban J connectivity index is 1.95. The summed E-state index contributed by atoms with van der Waals surface area (Å²) in [6.45, 7) is 5.76. The highest BCUT2D eigenvalue weighted by molar-refractivity contribution is 5.78. The van der Waals surface area contributed by atoms with Gasteiger partial charge in [-0.25, -0.2) is 0 Å². The third-order valence-corrected chi connectivity index (χ3v) is 3.99. The number of likely N-dealkylation sites (N-methyl/N-ethyl adjacent to an activating group) is 1. The fourth-order valence-electron chi connectivity index (χ4n) is 2.69. The fourth-order valence-corrected chi connectivity index (χ4v) is 2.69. The largest absolute Gasteiger partial charge is 0.337 e. The summed E-state index contributed by atoms with van der Waals surface area (Å²) in [5, 5.41) is 3.28. The molecule has 0 heterocycles. The summed E-state index contributed by atoms with van der Waals surface area (Å²) >= 11 is 0. The molecule has 1 amide bonds. The molecule has 0 aromatic heterocycles. The average molecular weight is 274 g/mol. The Morgan fingerprint density at radius 3 is 2.50 bits per heavy atom. The van der Waals surface area contributed by atoms with Gasteiger partial charge in [0.2, 0.25) is 5.91 Å². The Bertz CT molecular complexity index is 426. The summed E-state index contributed by atoms with van der Waals surface area (Å²) in [7, 11) is 1.92. The van der Waals surface area contributed by atoms with E-state index in [9.17, 15) is 4.79 Å². The number of hydrogen-bond donors (Lipinski definition) is 1. The maximum atomic E-state index is 12.3. The van der Waals surface area contributed by atoms with E-state index >= 15 is 0 Å². The van der Waals surface area contributed by atoms with Crippen molar-refractivity contribution in [1.82, 2.24) is 10.2 Å². The number of benzene rings is 1. The second-order valence-corrected chi connectivity index (χ2v) is 6.18. The van der Waals surface area contributed by atoms with Crippen LogP contribution in [0.4, 0.5) is 0 Å². The number of hydrogen-bond acceptors (Lipinski definition) is 2. The molecular weight excluding hydrogens is 248 g/mol. The first kappa shape index (κ1) is 15.0. The lowest BCUT2D eigenvalue weighted by Gasteiger charge is -2.32. The minimum Gasteiger partial charge on any atom is -0.337 e. The molecule has 1 aromatic carbocycles. The van der Waals surface area contributed by atoms with Gasteiger partial charge in [-0.05, 0) is 36.8 Å². The summed E-state index contributed by atoms with van der Waals surface area (Å²) in [6.07, 6.45) is 2.63. The van der Waals surface area contributed by atoms with Gasteiger partial charge >= 0.3 is 0 Å². The molecular formula is C17H26N2O. The van der Waals surface area contributed by atoms with Crippen molar-refractivity contribution in [2.24, 2.45) is 11.8 Å². The molecule has 0 radical (unpaired) electrons. The van der Waals surface area contributed by atoms with Gasteiger partial charge in [-0.1, -0.05) is 44.2 Å². The summed E-state index contributed by atoms with van der Waals surface area (Å²) in [6, 6.07) is 10.4. The third kappa shape index (κ3) is 4.07. The van der Waals surface area contributed by atoms with Crippen molar-refractivity contribution >= 4 is 5.91 Å². The SMILES string of the molecule is CC(C)C(c1ccccc1)N(C)C(=O)CNCC1CC1. The molecule has 3 heteroatoms. The van der Waals surface area contributed by atoms with Gasteiger partial charge in [0.15, 0.2) is 0 Å². The minimum atomic E-state index is 0.145. The first-order valence-corrected chi connectivity index (χ1v) is 7.61. The van der Waals surface area contributed by atoms with Gasteiger partial charge in [0.1, 0.15) is 0 Å². The predicted octanol–water partition coefficient (Wildman–Crippen LogP) is 2.84. The molecule has 1 aromatic rings. The van der Waals surface area contributed by atoms with Gasteiger partial charge in [-0.3, -0.25) is 4.79 Å². The van der Waals surface area contributed by atoms with Crippen LogP contribution < -0.4 is 5.32 Å². The van der Waals surface area contributed by atoms with Crippen LogP contribution in [-0.4, -0.2) is 30.9 Å². The van der Waals surface area contributed by atoms with Gasteiger partial charge in [0.05, 0.1) is 12.6 Å². The summed E-state index contributed by atoms with van der Waals surface area (Å²) in [5.74, 6) is 1.38. The second kappa shape index (κ2) is 6.89. The maximum Gasteiger partial charge on any atom is 0.236 e. The van der Waals surface area contributed by atoms with E-state index in [0.717, 1.165) is 12.5 Å². The number of carbonyl (C=O) groups excluding carboxylic acids is 1. The summed E-state index contributed by atoms with van der Waals surface area (Å²) in [5.41, 5.74) is 1.21. The molecule has 110 valence electrons. The van der Waals surface area contributed by atoms with Crippen molar-refractivity contribution in [3.8, 4) is 0 Å². The lowest BCUT2D eigenvalue weighted by molar-refractivity contribution is -0.132. The first-order valence-electron chi connectivity index (χ1n) is 7.61. The zero-order valence-corrected chi connectivity index (χ0v) is 12.8. The van der Waals surface area contributed by atoms with Gasteiger partial charge in [0, 0.05) is 7.05 Å². The van der Waals surface area contributed by atoms with Gasteiger partial charge in [0.25, 0.3) is 0 Å². The molecule has 1 saturated carbocycles. The number of carbonyl (C=O) groups is 1. The molecule has 1 aliphatic rings. The Kier molecular flexibility index (Phi) is 5.18. The molecule has 0 spiro atoms. The number of nitrogens with one attached hydrogen (secondary N) is 1. The molecule has 3 nitrogen and oxygen atoms in total. The quantitative estimate of drug-likeness (QED) is 0.829. The smallest absolute Gasteiger partial charge is 0.236 e. The predicted molar refractivity (Wildman–Crippen MR) is 82.4 cm³/mol. The maximum absolute atomic E-state index is 12.3. The van der Waals surface area contributed by atoms with Gasteiger partial charge in [-0.15, -0.1) is 0 Å². The molecule has 0 saturated heterocycles. The van der Waals surface area contributed by atoms with E-state index in [4.69, 9.17) is 0 Å². The fraction of sp³-hybridized carbons (Fsp3) is 0.588. The minimum absolute atomic E-state index is 0.145. The van der Waals surface area contributed by atoms with Crippen molar-refractivity contribution in [2.45, 2.75) is 32.7 Å². The first-order chi connectivity index (χ1) is 9.59. The summed E-state index contributed by atoms with van der Waals surface area (Å²) in [4.78, 5) is 14.2. The van der Waals surface area contributed by atoms with E-state index < -0.39 is 0 Å². The van der Waals surface area contributed by atoms with Crippen LogP contribution >= 0.6 is 0 Å². The number of nitrogens with zero attached hydrogens (tertiary/aromatic N) is 1. The molecule has 20 heavy (non-hydrogen) atoms. The van der Waals surface area contributed by atoms with Gasteiger partial charge in [-0.2, -0.15) is 0 Å². The standard InChI is InChI=1S/C17H26N2O/c1-13(2)17(15-7-5-4-6-8-15)19(3)16(20)12-18-11-14-9-10-14/h4-8,13-14,17-18H,9-12H2,1-3H3. The lowest BCUT2D eigenvalue weighted by Crippen LogP contribution is -2.40. The normalized spacial score (nSPS) is 16.2. The Morgan fingerprint density at radius 2 is 1.95 bits per heavy atom. The van der Waals surface area contributed by atoms with Crippen LogP contribution in [0.15, 0.2) is 30.3 Å². The lowest BCUT2D eigenvalue weighted by atomic mass is 9.94. The van der Waals surface area contributed by atoms with E-state index in [-0.39, 0.29) is 11.9 Å². The van der Waals surface area contributed by atoms with Crippen molar-refractivity contribution in [1.29, 1.82) is 0 Å². The van der Waals surface area contributed by atoms with E-state index in [2.05, 4.69) is 31.3 Å². The van der Waals surface area contributed by atoms with E-state index in [1.807, 2.05) is 30.1 Å². The topological polar surface area (TPSA) is 32.3 Å². The zero-order chi connectivity index (χ0) is 14.5. The van der Waals surface area contributed by atoms with Crippen LogP contribution in [0.5, 0.6) is 0 Å². The van der Waals surface area contributed by atoms with Crippen LogP contribution in [0.3, 0.4) is 0 Å². The van der Waals surface area contributed by atoms with Gasteiger partial charge < -0.3 is 10.2 Å². The molecule has 1 N–H and O–H groups in total.